The minimum absolute atomic E-state index is 0.190. The molecule has 0 bridgehead atoms. The number of hydrogen-bond donors (Lipinski definition) is 1. The molecule has 18 heavy (non-hydrogen) atoms. The highest BCUT2D eigenvalue weighted by Crippen LogP contribution is 2.38. The molecule has 0 spiro atoms. The van der Waals surface area contributed by atoms with Crippen LogP contribution in [0.4, 0.5) is 0 Å². The van der Waals surface area contributed by atoms with Gasteiger partial charge in [-0.05, 0) is 40.4 Å². The number of ether oxygens (including phenoxy) is 2. The maximum Gasteiger partial charge on any atom is 0.133 e. The Morgan fingerprint density at radius 3 is 2.33 bits per heavy atom. The van der Waals surface area contributed by atoms with Gasteiger partial charge in [0.25, 0.3) is 0 Å². The quantitative estimate of drug-likeness (QED) is 0.864. The third-order valence-corrected chi connectivity index (χ3v) is 3.73. The molecular weight excluding hydrogens is 296 g/mol. The minimum Gasteiger partial charge on any atom is -0.496 e. The van der Waals surface area contributed by atoms with Crippen molar-refractivity contribution in [3.8, 4) is 11.5 Å². The topological polar surface area (TPSA) is 38.7 Å². The van der Waals surface area contributed by atoms with Crippen molar-refractivity contribution in [1.82, 2.24) is 0 Å². The first-order valence-corrected chi connectivity index (χ1v) is 6.93. The number of aliphatic hydroxyl groups is 1. The van der Waals surface area contributed by atoms with E-state index >= 15 is 0 Å². The van der Waals surface area contributed by atoms with Gasteiger partial charge in [0.15, 0.2) is 0 Å². The molecular formula is C14H21BrO3. The van der Waals surface area contributed by atoms with Gasteiger partial charge in [0.2, 0.25) is 0 Å². The Bertz CT molecular complexity index is 393. The van der Waals surface area contributed by atoms with Gasteiger partial charge in [-0.15, -0.1) is 0 Å². The molecule has 2 atom stereocenters. The van der Waals surface area contributed by atoms with Crippen LogP contribution in [0.15, 0.2) is 16.6 Å². The molecule has 1 aromatic rings. The molecule has 0 aliphatic rings. The number of methoxy groups -OCH3 is 2. The standard InChI is InChI=1S/C14H21BrO3/c1-5-6-9(2)14(16)10-7-13(18-4)11(15)8-12(10)17-3/h7-9,14,16H,5-6H2,1-4H3. The Balaban J connectivity index is 3.12. The number of halogens is 1. The summed E-state index contributed by atoms with van der Waals surface area (Å²) in [6, 6.07) is 3.66. The Labute approximate surface area is 117 Å². The molecule has 0 aromatic heterocycles. The summed E-state index contributed by atoms with van der Waals surface area (Å²) in [5.74, 6) is 1.57. The SMILES string of the molecule is CCCC(C)C(O)c1cc(OC)c(Br)cc1OC. The van der Waals surface area contributed by atoms with Crippen molar-refractivity contribution >= 4 is 15.9 Å². The van der Waals surface area contributed by atoms with Gasteiger partial charge < -0.3 is 14.6 Å². The van der Waals surface area contributed by atoms with Crippen molar-refractivity contribution in [2.45, 2.75) is 32.8 Å². The van der Waals surface area contributed by atoms with E-state index in [1.807, 2.05) is 19.1 Å². The Morgan fingerprint density at radius 2 is 1.83 bits per heavy atom. The Hall–Kier alpha value is -0.740. The molecule has 3 nitrogen and oxygen atoms in total. The highest BCUT2D eigenvalue weighted by Gasteiger charge is 2.21. The smallest absolute Gasteiger partial charge is 0.133 e. The fraction of sp³-hybridized carbons (Fsp3) is 0.571. The lowest BCUT2D eigenvalue weighted by molar-refractivity contribution is 0.109. The first kappa shape index (κ1) is 15.3. The average molecular weight is 317 g/mol. The van der Waals surface area contributed by atoms with Crippen molar-refractivity contribution in [3.05, 3.63) is 22.2 Å². The van der Waals surface area contributed by atoms with E-state index in [0.717, 1.165) is 22.9 Å². The Morgan fingerprint density at radius 1 is 1.22 bits per heavy atom. The molecule has 0 aliphatic heterocycles. The van der Waals surface area contributed by atoms with Gasteiger partial charge in [0.1, 0.15) is 11.5 Å². The number of aliphatic hydroxyl groups excluding tert-OH is 1. The third kappa shape index (κ3) is 3.39. The summed E-state index contributed by atoms with van der Waals surface area (Å²) in [6.07, 6.45) is 1.48. The molecule has 4 heteroatoms. The predicted molar refractivity (Wildman–Crippen MR) is 76.3 cm³/mol. The lowest BCUT2D eigenvalue weighted by Crippen LogP contribution is -2.10. The largest absolute Gasteiger partial charge is 0.496 e. The lowest BCUT2D eigenvalue weighted by atomic mass is 9.93. The van der Waals surface area contributed by atoms with Crippen LogP contribution in [0, 0.1) is 5.92 Å². The molecule has 0 saturated carbocycles. The maximum absolute atomic E-state index is 10.4. The number of benzene rings is 1. The lowest BCUT2D eigenvalue weighted by Gasteiger charge is -2.22. The zero-order chi connectivity index (χ0) is 13.7. The van der Waals surface area contributed by atoms with E-state index in [1.54, 1.807) is 14.2 Å². The highest BCUT2D eigenvalue weighted by molar-refractivity contribution is 9.10. The second-order valence-corrected chi connectivity index (χ2v) is 5.29. The summed E-state index contributed by atoms with van der Waals surface area (Å²) in [5.41, 5.74) is 0.776. The van der Waals surface area contributed by atoms with Crippen LogP contribution in [0.1, 0.15) is 38.4 Å². The summed E-state index contributed by atoms with van der Waals surface area (Å²) >= 11 is 3.41. The van der Waals surface area contributed by atoms with Gasteiger partial charge in [0, 0.05) is 5.56 Å². The number of rotatable bonds is 6. The molecule has 102 valence electrons. The number of hydrogen-bond acceptors (Lipinski definition) is 3. The van der Waals surface area contributed by atoms with E-state index in [0.29, 0.717) is 11.5 Å². The van der Waals surface area contributed by atoms with Gasteiger partial charge in [-0.1, -0.05) is 20.3 Å². The summed E-state index contributed by atoms with van der Waals surface area (Å²) in [5, 5.41) is 10.4. The highest BCUT2D eigenvalue weighted by atomic mass is 79.9. The molecule has 0 heterocycles. The van der Waals surface area contributed by atoms with E-state index in [4.69, 9.17) is 9.47 Å². The van der Waals surface area contributed by atoms with E-state index in [1.165, 1.54) is 0 Å². The van der Waals surface area contributed by atoms with Crippen molar-refractivity contribution in [2.24, 2.45) is 5.92 Å². The van der Waals surface area contributed by atoms with Gasteiger partial charge in [-0.3, -0.25) is 0 Å². The summed E-state index contributed by atoms with van der Waals surface area (Å²) < 4.78 is 11.4. The van der Waals surface area contributed by atoms with Crippen molar-refractivity contribution in [3.63, 3.8) is 0 Å². The zero-order valence-electron chi connectivity index (χ0n) is 11.4. The second-order valence-electron chi connectivity index (χ2n) is 4.44. The Kier molecular flexibility index (Phi) is 5.96. The molecule has 0 radical (unpaired) electrons. The molecule has 1 rings (SSSR count). The van der Waals surface area contributed by atoms with Gasteiger partial charge in [-0.25, -0.2) is 0 Å². The van der Waals surface area contributed by atoms with Gasteiger partial charge in [-0.2, -0.15) is 0 Å². The summed E-state index contributed by atoms with van der Waals surface area (Å²) in [4.78, 5) is 0. The van der Waals surface area contributed by atoms with Gasteiger partial charge >= 0.3 is 0 Å². The average Bonchev–Trinajstić information content (AvgIpc) is 2.37. The first-order valence-electron chi connectivity index (χ1n) is 6.14. The van der Waals surface area contributed by atoms with Crippen LogP contribution < -0.4 is 9.47 Å². The van der Waals surface area contributed by atoms with E-state index in [9.17, 15) is 5.11 Å². The van der Waals surface area contributed by atoms with Crippen molar-refractivity contribution in [1.29, 1.82) is 0 Å². The van der Waals surface area contributed by atoms with E-state index < -0.39 is 6.10 Å². The zero-order valence-corrected chi connectivity index (χ0v) is 13.0. The van der Waals surface area contributed by atoms with Crippen LogP contribution in [-0.4, -0.2) is 19.3 Å². The van der Waals surface area contributed by atoms with Crippen LogP contribution >= 0.6 is 15.9 Å². The molecule has 2 unspecified atom stereocenters. The molecule has 0 aliphatic carbocycles. The normalized spacial score (nSPS) is 14.1. The van der Waals surface area contributed by atoms with Crippen LogP contribution in [0.2, 0.25) is 0 Å². The monoisotopic (exact) mass is 316 g/mol. The van der Waals surface area contributed by atoms with Crippen LogP contribution in [0.5, 0.6) is 11.5 Å². The fourth-order valence-corrected chi connectivity index (χ4v) is 2.52. The van der Waals surface area contributed by atoms with Gasteiger partial charge in [0.05, 0.1) is 24.8 Å². The van der Waals surface area contributed by atoms with Crippen LogP contribution in [0.3, 0.4) is 0 Å². The predicted octanol–water partition coefficient (Wildman–Crippen LogP) is 3.94. The summed E-state index contributed by atoms with van der Waals surface area (Å²) in [6.45, 7) is 4.16. The molecule has 0 saturated heterocycles. The molecule has 1 aromatic carbocycles. The second kappa shape index (κ2) is 7.00. The van der Waals surface area contributed by atoms with Crippen LogP contribution in [-0.2, 0) is 0 Å². The van der Waals surface area contributed by atoms with Crippen LogP contribution in [0.25, 0.3) is 0 Å². The van der Waals surface area contributed by atoms with E-state index in [-0.39, 0.29) is 5.92 Å². The molecule has 1 N–H and O–H groups in total. The molecule has 0 amide bonds. The fourth-order valence-electron chi connectivity index (χ4n) is 2.03. The van der Waals surface area contributed by atoms with Crippen molar-refractivity contribution < 1.29 is 14.6 Å². The molecule has 0 fully saturated rings. The maximum atomic E-state index is 10.4. The van der Waals surface area contributed by atoms with Crippen molar-refractivity contribution in [2.75, 3.05) is 14.2 Å². The summed E-state index contributed by atoms with van der Waals surface area (Å²) in [7, 11) is 3.22. The first-order chi connectivity index (χ1) is 8.54. The third-order valence-electron chi connectivity index (χ3n) is 3.11. The van der Waals surface area contributed by atoms with E-state index in [2.05, 4.69) is 22.9 Å². The minimum atomic E-state index is -0.540.